The predicted octanol–water partition coefficient (Wildman–Crippen LogP) is 2.12. The van der Waals surface area contributed by atoms with Crippen molar-refractivity contribution in [2.75, 3.05) is 0 Å². The van der Waals surface area contributed by atoms with Gasteiger partial charge in [-0.05, 0) is 17.8 Å². The van der Waals surface area contributed by atoms with Gasteiger partial charge in [-0.2, -0.15) is 0 Å². The minimum absolute atomic E-state index is 0.177. The lowest BCUT2D eigenvalue weighted by Gasteiger charge is -2.14. The lowest BCUT2D eigenvalue weighted by molar-refractivity contribution is -0.141. The molecule has 0 aliphatic rings. The highest BCUT2D eigenvalue weighted by Gasteiger charge is 2.23. The topological polar surface area (TPSA) is 78.2 Å². The fourth-order valence-corrected chi connectivity index (χ4v) is 2.08. The molecule has 0 aliphatic heterocycles. The first-order chi connectivity index (χ1) is 8.59. The molecule has 1 aromatic carbocycles. The third-order valence-corrected chi connectivity index (χ3v) is 2.97. The summed E-state index contributed by atoms with van der Waals surface area (Å²) in [4.78, 5) is 13.9. The molecule has 1 heterocycles. The first kappa shape index (κ1) is 12.4. The number of nitrogens with one attached hydrogen (secondary N) is 1. The number of nitrogens with zero attached hydrogens (tertiary/aromatic N) is 1. The standard InChI is InChI=1S/C12H12N2O3S/c15-10-7-13-12(18)14(10)9(11(16)17)6-8-4-2-1-3-5-8/h1-5,7,9,15H,6H2,(H,13,18)(H,16,17). The molecule has 94 valence electrons. The first-order valence-corrected chi connectivity index (χ1v) is 5.76. The van der Waals surface area contributed by atoms with Crippen LogP contribution in [0, 0.1) is 4.77 Å². The molecule has 2 rings (SSSR count). The number of imidazole rings is 1. The Hall–Kier alpha value is -2.08. The molecular weight excluding hydrogens is 252 g/mol. The van der Waals surface area contributed by atoms with Gasteiger partial charge in [-0.25, -0.2) is 4.79 Å². The second-order valence-corrected chi connectivity index (χ2v) is 4.25. The maximum atomic E-state index is 11.3. The molecule has 0 aliphatic carbocycles. The highest BCUT2D eigenvalue weighted by Crippen LogP contribution is 2.21. The van der Waals surface area contributed by atoms with E-state index < -0.39 is 12.0 Å². The van der Waals surface area contributed by atoms with Crippen LogP contribution >= 0.6 is 12.2 Å². The average Bonchev–Trinajstić information content (AvgIpc) is 2.67. The van der Waals surface area contributed by atoms with Gasteiger partial charge >= 0.3 is 5.97 Å². The maximum absolute atomic E-state index is 11.3. The van der Waals surface area contributed by atoms with Crippen LogP contribution in [0.25, 0.3) is 0 Å². The Balaban J connectivity index is 2.36. The summed E-state index contributed by atoms with van der Waals surface area (Å²) in [7, 11) is 0. The van der Waals surface area contributed by atoms with Crippen molar-refractivity contribution in [3.05, 3.63) is 46.9 Å². The Bertz CT molecular complexity index is 603. The molecule has 1 unspecified atom stereocenters. The average molecular weight is 264 g/mol. The van der Waals surface area contributed by atoms with Crippen molar-refractivity contribution >= 4 is 18.2 Å². The van der Waals surface area contributed by atoms with Crippen molar-refractivity contribution in [1.82, 2.24) is 9.55 Å². The number of benzene rings is 1. The quantitative estimate of drug-likeness (QED) is 0.739. The summed E-state index contributed by atoms with van der Waals surface area (Å²) in [5.74, 6) is -1.21. The Kier molecular flexibility index (Phi) is 3.47. The monoisotopic (exact) mass is 264 g/mol. The summed E-state index contributed by atoms with van der Waals surface area (Å²) < 4.78 is 1.39. The number of aromatic hydroxyl groups is 1. The zero-order valence-corrected chi connectivity index (χ0v) is 10.2. The molecule has 0 fully saturated rings. The summed E-state index contributed by atoms with van der Waals surface area (Å²) in [6.45, 7) is 0. The molecule has 0 radical (unpaired) electrons. The first-order valence-electron chi connectivity index (χ1n) is 5.35. The van der Waals surface area contributed by atoms with Crippen LogP contribution in [0.4, 0.5) is 0 Å². The molecule has 18 heavy (non-hydrogen) atoms. The van der Waals surface area contributed by atoms with Gasteiger partial charge in [0, 0.05) is 6.42 Å². The molecule has 6 heteroatoms. The summed E-state index contributed by atoms with van der Waals surface area (Å²) in [5, 5.41) is 18.9. The molecule has 5 nitrogen and oxygen atoms in total. The molecule has 2 aromatic rings. The normalized spacial score (nSPS) is 12.2. The SMILES string of the molecule is O=C(O)C(Cc1ccccc1)n1c(O)c[nH]c1=S. The van der Waals surface area contributed by atoms with Crippen LogP contribution in [0.15, 0.2) is 36.5 Å². The Morgan fingerprint density at radius 1 is 1.39 bits per heavy atom. The summed E-state index contributed by atoms with van der Waals surface area (Å²) in [6.07, 6.45) is 1.54. The van der Waals surface area contributed by atoms with Gasteiger partial charge < -0.3 is 15.2 Å². The van der Waals surface area contributed by atoms with Crippen molar-refractivity contribution in [3.63, 3.8) is 0 Å². The highest BCUT2D eigenvalue weighted by atomic mass is 32.1. The van der Waals surface area contributed by atoms with Crippen molar-refractivity contribution in [2.24, 2.45) is 0 Å². The molecule has 1 atom stereocenters. The van der Waals surface area contributed by atoms with Gasteiger partial charge in [0.2, 0.25) is 5.88 Å². The smallest absolute Gasteiger partial charge is 0.327 e. The molecule has 0 spiro atoms. The van der Waals surface area contributed by atoms with E-state index in [-0.39, 0.29) is 17.1 Å². The number of carbonyl (C=O) groups is 1. The Morgan fingerprint density at radius 3 is 2.56 bits per heavy atom. The van der Waals surface area contributed by atoms with E-state index in [1.165, 1.54) is 10.8 Å². The van der Waals surface area contributed by atoms with E-state index in [2.05, 4.69) is 4.98 Å². The number of aromatic amines is 1. The fourth-order valence-electron chi connectivity index (χ4n) is 1.80. The van der Waals surface area contributed by atoms with Crippen LogP contribution in [0.1, 0.15) is 11.6 Å². The van der Waals surface area contributed by atoms with Gasteiger partial charge in [0.25, 0.3) is 0 Å². The number of carboxylic acid groups (broad SMARTS) is 1. The van der Waals surface area contributed by atoms with Crippen molar-refractivity contribution in [1.29, 1.82) is 0 Å². The molecule has 0 saturated carbocycles. The minimum Gasteiger partial charge on any atom is -0.493 e. The van der Waals surface area contributed by atoms with Crippen LogP contribution in [-0.4, -0.2) is 25.7 Å². The molecule has 0 bridgehead atoms. The molecule has 0 amide bonds. The number of rotatable bonds is 4. The van der Waals surface area contributed by atoms with Crippen LogP contribution in [-0.2, 0) is 11.2 Å². The molecular formula is C12H12N2O3S. The number of aliphatic carboxylic acids is 1. The van der Waals surface area contributed by atoms with E-state index in [0.717, 1.165) is 5.56 Å². The number of carboxylic acids is 1. The summed E-state index contributed by atoms with van der Waals surface area (Å²) in [6, 6.07) is 8.28. The van der Waals surface area contributed by atoms with Gasteiger partial charge in [-0.15, -0.1) is 0 Å². The van der Waals surface area contributed by atoms with Gasteiger partial charge in [0.1, 0.15) is 6.04 Å². The number of aromatic nitrogens is 2. The molecule has 0 saturated heterocycles. The number of hydrogen-bond acceptors (Lipinski definition) is 3. The predicted molar refractivity (Wildman–Crippen MR) is 68.1 cm³/mol. The zero-order valence-electron chi connectivity index (χ0n) is 9.41. The zero-order chi connectivity index (χ0) is 13.1. The third kappa shape index (κ3) is 2.43. The van der Waals surface area contributed by atoms with Gasteiger partial charge in [0.05, 0.1) is 6.20 Å². The van der Waals surface area contributed by atoms with Crippen LogP contribution in [0.2, 0.25) is 0 Å². The summed E-state index contributed by atoms with van der Waals surface area (Å²) >= 11 is 4.97. The highest BCUT2D eigenvalue weighted by molar-refractivity contribution is 7.71. The van der Waals surface area contributed by atoms with E-state index in [0.29, 0.717) is 0 Å². The van der Waals surface area contributed by atoms with Gasteiger partial charge in [-0.1, -0.05) is 30.3 Å². The maximum Gasteiger partial charge on any atom is 0.327 e. The van der Waals surface area contributed by atoms with Crippen LogP contribution in [0.5, 0.6) is 5.88 Å². The van der Waals surface area contributed by atoms with Crippen LogP contribution in [0.3, 0.4) is 0 Å². The number of hydrogen-bond donors (Lipinski definition) is 3. The van der Waals surface area contributed by atoms with Crippen molar-refractivity contribution in [3.8, 4) is 5.88 Å². The van der Waals surface area contributed by atoms with Gasteiger partial charge in [0.15, 0.2) is 4.77 Å². The Morgan fingerprint density at radius 2 is 2.06 bits per heavy atom. The van der Waals surface area contributed by atoms with Gasteiger partial charge in [-0.3, -0.25) is 4.57 Å². The van der Waals surface area contributed by atoms with Crippen LogP contribution < -0.4 is 0 Å². The molecule has 3 N–H and O–H groups in total. The van der Waals surface area contributed by atoms with Crippen molar-refractivity contribution < 1.29 is 15.0 Å². The second-order valence-electron chi connectivity index (χ2n) is 3.87. The van der Waals surface area contributed by atoms with E-state index in [4.69, 9.17) is 12.2 Å². The van der Waals surface area contributed by atoms with E-state index in [1.54, 1.807) is 0 Å². The Labute approximate surface area is 108 Å². The van der Waals surface area contributed by atoms with E-state index in [1.807, 2.05) is 30.3 Å². The van der Waals surface area contributed by atoms with E-state index >= 15 is 0 Å². The van der Waals surface area contributed by atoms with E-state index in [9.17, 15) is 15.0 Å². The second kappa shape index (κ2) is 5.05. The number of H-pyrrole nitrogens is 1. The lowest BCUT2D eigenvalue weighted by Crippen LogP contribution is -2.21. The fraction of sp³-hybridized carbons (Fsp3) is 0.167. The lowest BCUT2D eigenvalue weighted by atomic mass is 10.1. The molecule has 1 aromatic heterocycles. The third-order valence-electron chi connectivity index (χ3n) is 2.66. The largest absolute Gasteiger partial charge is 0.493 e. The summed E-state index contributed by atoms with van der Waals surface area (Å²) in [5.41, 5.74) is 0.868. The minimum atomic E-state index is -1.04. The van der Waals surface area contributed by atoms with Crippen molar-refractivity contribution in [2.45, 2.75) is 12.5 Å².